The van der Waals surface area contributed by atoms with E-state index in [1.807, 2.05) is 30.3 Å². The molecular formula is C8H9NaO2S2. The Labute approximate surface area is 106 Å². The second-order valence-electron chi connectivity index (χ2n) is 2.50. The second kappa shape index (κ2) is 6.09. The fraction of sp³-hybridized carbons (Fsp3) is 0.250. The largest absolute Gasteiger partial charge is 1.00 e. The Bertz CT molecular complexity index is 334. The van der Waals surface area contributed by atoms with E-state index in [9.17, 15) is 8.42 Å². The summed E-state index contributed by atoms with van der Waals surface area (Å²) >= 11 is 4.26. The molecule has 5 heteroatoms. The van der Waals surface area contributed by atoms with E-state index in [1.54, 1.807) is 0 Å². The monoisotopic (exact) mass is 224 g/mol. The van der Waals surface area contributed by atoms with Crippen molar-refractivity contribution in [1.82, 2.24) is 0 Å². The summed E-state index contributed by atoms with van der Waals surface area (Å²) in [6, 6.07) is 9.43. The van der Waals surface area contributed by atoms with Crippen LogP contribution in [0.5, 0.6) is 0 Å². The van der Waals surface area contributed by atoms with Crippen molar-refractivity contribution in [2.75, 3.05) is 5.75 Å². The molecule has 0 aromatic heterocycles. The molecule has 0 saturated carbocycles. The van der Waals surface area contributed by atoms with Crippen molar-refractivity contribution in [3.8, 4) is 0 Å². The van der Waals surface area contributed by atoms with Crippen LogP contribution in [0, 0.1) is 0 Å². The SMILES string of the molecule is O=S(=O)([S-])CCc1ccccc1.[Na+]. The van der Waals surface area contributed by atoms with Gasteiger partial charge in [-0.1, -0.05) is 30.3 Å². The maximum atomic E-state index is 10.6. The first-order chi connectivity index (χ1) is 5.58. The molecule has 0 aliphatic heterocycles. The van der Waals surface area contributed by atoms with E-state index >= 15 is 0 Å². The molecule has 1 aromatic carbocycles. The Hall–Kier alpha value is 0.520. The minimum atomic E-state index is -3.24. The van der Waals surface area contributed by atoms with Gasteiger partial charge >= 0.3 is 29.6 Å². The quantitative estimate of drug-likeness (QED) is 0.342. The average molecular weight is 224 g/mol. The van der Waals surface area contributed by atoms with Crippen molar-refractivity contribution < 1.29 is 38.0 Å². The molecule has 1 aromatic rings. The zero-order valence-electron chi connectivity index (χ0n) is 7.43. The van der Waals surface area contributed by atoms with Crippen LogP contribution in [0.4, 0.5) is 0 Å². The number of aryl methyl sites for hydroxylation is 1. The van der Waals surface area contributed by atoms with Crippen LogP contribution in [0.1, 0.15) is 5.56 Å². The van der Waals surface area contributed by atoms with E-state index in [-0.39, 0.29) is 35.3 Å². The molecule has 2 nitrogen and oxygen atoms in total. The molecule has 0 spiro atoms. The predicted octanol–water partition coefficient (Wildman–Crippen LogP) is -1.89. The molecule has 13 heavy (non-hydrogen) atoms. The minimum absolute atomic E-state index is 0. The van der Waals surface area contributed by atoms with Gasteiger partial charge in [-0.2, -0.15) is 0 Å². The van der Waals surface area contributed by atoms with Gasteiger partial charge in [0, 0.05) is 14.6 Å². The molecular weight excluding hydrogens is 215 g/mol. The summed E-state index contributed by atoms with van der Waals surface area (Å²) < 4.78 is 21.2. The van der Waals surface area contributed by atoms with E-state index in [1.165, 1.54) is 0 Å². The number of benzene rings is 1. The van der Waals surface area contributed by atoms with Crippen LogP contribution in [-0.2, 0) is 27.0 Å². The standard InChI is InChI=1S/C8H10O2S2.Na/c9-12(10,11)7-6-8-4-2-1-3-5-8;/h1-5H,6-7H2,(H,9,10,11);/q;+1/p-1. The van der Waals surface area contributed by atoms with Crippen LogP contribution in [0.2, 0.25) is 0 Å². The third-order valence-corrected chi connectivity index (χ3v) is 2.69. The minimum Gasteiger partial charge on any atom is -0.649 e. The van der Waals surface area contributed by atoms with E-state index in [2.05, 4.69) is 11.7 Å². The summed E-state index contributed by atoms with van der Waals surface area (Å²) in [5.41, 5.74) is 1.01. The maximum absolute atomic E-state index is 10.6. The van der Waals surface area contributed by atoms with Crippen molar-refractivity contribution in [3.05, 3.63) is 35.9 Å². The van der Waals surface area contributed by atoms with Crippen LogP contribution in [-0.4, -0.2) is 14.2 Å². The van der Waals surface area contributed by atoms with Crippen molar-refractivity contribution in [2.45, 2.75) is 6.42 Å². The van der Waals surface area contributed by atoms with E-state index in [0.29, 0.717) is 6.42 Å². The molecule has 0 aliphatic carbocycles. The van der Waals surface area contributed by atoms with E-state index in [4.69, 9.17) is 0 Å². The second-order valence-corrected chi connectivity index (χ2v) is 5.54. The van der Waals surface area contributed by atoms with Gasteiger partial charge in [0.2, 0.25) is 0 Å². The number of hydrogen-bond acceptors (Lipinski definition) is 3. The molecule has 0 unspecified atom stereocenters. The van der Waals surface area contributed by atoms with Crippen molar-refractivity contribution >= 4 is 20.5 Å². The molecule has 0 amide bonds. The summed E-state index contributed by atoms with van der Waals surface area (Å²) in [7, 11) is -3.24. The zero-order chi connectivity index (χ0) is 9.03. The van der Waals surface area contributed by atoms with Crippen molar-refractivity contribution in [1.29, 1.82) is 0 Å². The normalized spacial score (nSPS) is 10.5. The van der Waals surface area contributed by atoms with Crippen LogP contribution in [0.15, 0.2) is 30.3 Å². The first-order valence-corrected chi connectivity index (χ1v) is 6.13. The topological polar surface area (TPSA) is 34.1 Å². The van der Waals surface area contributed by atoms with Crippen LogP contribution >= 0.6 is 0 Å². The Morgan fingerprint density at radius 2 is 1.69 bits per heavy atom. The molecule has 0 saturated heterocycles. The molecule has 0 aliphatic rings. The van der Waals surface area contributed by atoms with Gasteiger partial charge in [-0.3, -0.25) is 8.42 Å². The Balaban J connectivity index is 0.00000144. The van der Waals surface area contributed by atoms with E-state index < -0.39 is 8.87 Å². The fourth-order valence-corrected chi connectivity index (χ4v) is 1.62. The van der Waals surface area contributed by atoms with E-state index in [0.717, 1.165) is 5.56 Å². The molecule has 0 atom stereocenters. The summed E-state index contributed by atoms with van der Waals surface area (Å²) in [6.07, 6.45) is 0.507. The molecule has 0 fully saturated rings. The van der Waals surface area contributed by atoms with Crippen LogP contribution in [0.3, 0.4) is 0 Å². The predicted molar refractivity (Wildman–Crippen MR) is 51.3 cm³/mol. The van der Waals surface area contributed by atoms with Gasteiger partial charge in [-0.05, 0) is 12.0 Å². The summed E-state index contributed by atoms with van der Waals surface area (Å²) in [4.78, 5) is 0. The zero-order valence-corrected chi connectivity index (χ0v) is 11.1. The first-order valence-electron chi connectivity index (χ1n) is 3.55. The van der Waals surface area contributed by atoms with Crippen LogP contribution < -0.4 is 29.6 Å². The smallest absolute Gasteiger partial charge is 0.649 e. The Morgan fingerprint density at radius 1 is 1.15 bits per heavy atom. The molecule has 1 rings (SSSR count). The van der Waals surface area contributed by atoms with Gasteiger partial charge in [0.05, 0.1) is 0 Å². The summed E-state index contributed by atoms with van der Waals surface area (Å²) in [5, 5.41) is 0. The Morgan fingerprint density at radius 3 is 2.15 bits per heavy atom. The molecule has 0 bridgehead atoms. The van der Waals surface area contributed by atoms with Gasteiger partial charge in [0.25, 0.3) is 0 Å². The van der Waals surface area contributed by atoms with Gasteiger partial charge in [0.1, 0.15) is 0 Å². The molecule has 0 N–H and O–H groups in total. The molecule has 66 valence electrons. The number of hydrogen-bond donors (Lipinski definition) is 0. The molecule has 0 radical (unpaired) electrons. The Kier molecular flexibility index (Phi) is 6.33. The maximum Gasteiger partial charge on any atom is 1.00 e. The van der Waals surface area contributed by atoms with Crippen molar-refractivity contribution in [3.63, 3.8) is 0 Å². The van der Waals surface area contributed by atoms with Gasteiger partial charge in [-0.15, -0.1) is 0 Å². The molecule has 0 heterocycles. The average Bonchev–Trinajstić information content (AvgIpc) is 2.02. The number of rotatable bonds is 3. The fourth-order valence-electron chi connectivity index (χ4n) is 0.888. The third-order valence-electron chi connectivity index (χ3n) is 1.48. The summed E-state index contributed by atoms with van der Waals surface area (Å²) in [6.45, 7) is 0. The van der Waals surface area contributed by atoms with Crippen LogP contribution in [0.25, 0.3) is 0 Å². The van der Waals surface area contributed by atoms with Gasteiger partial charge in [0.15, 0.2) is 0 Å². The first kappa shape index (κ1) is 13.5. The van der Waals surface area contributed by atoms with Gasteiger partial charge in [-0.25, -0.2) is 0 Å². The summed E-state index contributed by atoms with van der Waals surface area (Å²) in [5.74, 6) is 0.0480. The van der Waals surface area contributed by atoms with Gasteiger partial charge < -0.3 is 11.7 Å². The third kappa shape index (κ3) is 6.57. The van der Waals surface area contributed by atoms with Crippen molar-refractivity contribution in [2.24, 2.45) is 0 Å².